The van der Waals surface area contributed by atoms with E-state index in [1.54, 1.807) is 24.7 Å². The number of aliphatic imine (C=N–C) groups is 1. The quantitative estimate of drug-likeness (QED) is 0.395. The molecular weight excluding hydrogens is 390 g/mol. The number of nitrogens with zero attached hydrogens (tertiary/aromatic N) is 2. The summed E-state index contributed by atoms with van der Waals surface area (Å²) >= 11 is 0. The molecule has 0 aliphatic rings. The summed E-state index contributed by atoms with van der Waals surface area (Å²) in [6.07, 6.45) is 5.58. The fraction of sp³-hybridized carbons (Fsp3) is 0.200. The Hall–Kier alpha value is -3.64. The number of ketones is 1. The van der Waals surface area contributed by atoms with Crippen LogP contribution in [0.3, 0.4) is 0 Å². The maximum absolute atomic E-state index is 13.2. The van der Waals surface area contributed by atoms with Gasteiger partial charge in [0.25, 0.3) is 0 Å². The molecule has 31 heavy (non-hydrogen) atoms. The molecule has 0 bridgehead atoms. The van der Waals surface area contributed by atoms with E-state index in [2.05, 4.69) is 9.98 Å². The number of carboxylic acid groups (broad SMARTS) is 1. The van der Waals surface area contributed by atoms with Crippen molar-refractivity contribution >= 4 is 23.7 Å². The first-order chi connectivity index (χ1) is 15.0. The van der Waals surface area contributed by atoms with Gasteiger partial charge in [-0.1, -0.05) is 55.5 Å². The molecule has 0 fully saturated rings. The van der Waals surface area contributed by atoms with E-state index in [9.17, 15) is 9.59 Å². The molecule has 0 spiro atoms. The first-order valence-corrected chi connectivity index (χ1v) is 10.1. The lowest BCUT2D eigenvalue weighted by atomic mass is 9.89. The van der Waals surface area contributed by atoms with Crippen LogP contribution in [0.2, 0.25) is 0 Å². The van der Waals surface area contributed by atoms with Crippen molar-refractivity contribution in [1.29, 1.82) is 0 Å². The Morgan fingerprint density at radius 2 is 1.87 bits per heavy atom. The number of carboxylic acids is 1. The highest BCUT2D eigenvalue weighted by Gasteiger charge is 2.21. The molecule has 3 N–H and O–H groups in total. The Morgan fingerprint density at radius 1 is 1.10 bits per heavy atom. The summed E-state index contributed by atoms with van der Waals surface area (Å²) in [6.45, 7) is 1.84. The van der Waals surface area contributed by atoms with Gasteiger partial charge in [0.15, 0.2) is 5.78 Å². The topological polar surface area (TPSA) is 106 Å². The van der Waals surface area contributed by atoms with Gasteiger partial charge in [0.05, 0.1) is 5.69 Å². The Bertz CT molecular complexity index is 1070. The van der Waals surface area contributed by atoms with Crippen LogP contribution < -0.4 is 5.73 Å². The standard InChI is InChI=1S/C25H25N3O3/c1-17(13-21(26)25(30)31)14-23(29)20-10-5-11-22(24(20)19-8-3-2-4-9-19)28-16-18-7-6-12-27-15-18/h2-12,15-17,21H,13-14,26H2,1H3,(H,30,31)/t17?,21-/m0/s1. The van der Waals surface area contributed by atoms with Crippen LogP contribution in [0.4, 0.5) is 5.69 Å². The van der Waals surface area contributed by atoms with Crippen LogP contribution in [0.25, 0.3) is 11.1 Å². The monoisotopic (exact) mass is 415 g/mol. The van der Waals surface area contributed by atoms with E-state index in [1.807, 2.05) is 61.5 Å². The number of aromatic nitrogens is 1. The third kappa shape index (κ3) is 5.93. The van der Waals surface area contributed by atoms with E-state index >= 15 is 0 Å². The summed E-state index contributed by atoms with van der Waals surface area (Å²) in [6, 6.07) is 17.9. The highest BCUT2D eigenvalue weighted by molar-refractivity contribution is 6.05. The molecule has 0 saturated carbocycles. The Morgan fingerprint density at radius 3 is 2.55 bits per heavy atom. The normalized spacial score (nSPS) is 13.1. The molecule has 1 heterocycles. The van der Waals surface area contributed by atoms with Crippen molar-refractivity contribution in [3.63, 3.8) is 0 Å². The highest BCUT2D eigenvalue weighted by atomic mass is 16.4. The lowest BCUT2D eigenvalue weighted by Crippen LogP contribution is -2.32. The molecule has 0 amide bonds. The number of benzene rings is 2. The van der Waals surface area contributed by atoms with Crippen molar-refractivity contribution in [2.45, 2.75) is 25.8 Å². The molecule has 3 aromatic rings. The maximum Gasteiger partial charge on any atom is 0.320 e. The van der Waals surface area contributed by atoms with Gasteiger partial charge < -0.3 is 10.8 Å². The number of pyridine rings is 1. The van der Waals surface area contributed by atoms with Crippen molar-refractivity contribution in [2.75, 3.05) is 0 Å². The Labute approximate surface area is 181 Å². The van der Waals surface area contributed by atoms with Gasteiger partial charge in [-0.05, 0) is 30.0 Å². The highest BCUT2D eigenvalue weighted by Crippen LogP contribution is 2.35. The SMILES string of the molecule is CC(CC(=O)c1cccc(N=Cc2cccnc2)c1-c1ccccc1)C[C@H](N)C(=O)O. The van der Waals surface area contributed by atoms with E-state index in [-0.39, 0.29) is 24.5 Å². The summed E-state index contributed by atoms with van der Waals surface area (Å²) in [5.41, 5.74) is 9.37. The van der Waals surface area contributed by atoms with Crippen LogP contribution in [0.15, 0.2) is 78.0 Å². The molecule has 0 aliphatic heterocycles. The number of aliphatic carboxylic acids is 1. The second kappa shape index (κ2) is 10.4. The van der Waals surface area contributed by atoms with Gasteiger partial charge in [-0.3, -0.25) is 19.6 Å². The Kier molecular flexibility index (Phi) is 7.40. The van der Waals surface area contributed by atoms with Gasteiger partial charge in [0.2, 0.25) is 0 Å². The third-order valence-electron chi connectivity index (χ3n) is 4.95. The lowest BCUT2D eigenvalue weighted by Gasteiger charge is -2.16. The van der Waals surface area contributed by atoms with Crippen molar-refractivity contribution in [2.24, 2.45) is 16.6 Å². The van der Waals surface area contributed by atoms with E-state index in [0.29, 0.717) is 11.3 Å². The minimum Gasteiger partial charge on any atom is -0.480 e. The van der Waals surface area contributed by atoms with Crippen molar-refractivity contribution in [3.8, 4) is 11.1 Å². The minimum absolute atomic E-state index is 0.0673. The number of rotatable bonds is 9. The van der Waals surface area contributed by atoms with Crippen LogP contribution >= 0.6 is 0 Å². The van der Waals surface area contributed by atoms with Gasteiger partial charge in [-0.15, -0.1) is 0 Å². The zero-order chi connectivity index (χ0) is 22.2. The first-order valence-electron chi connectivity index (χ1n) is 10.1. The third-order valence-corrected chi connectivity index (χ3v) is 4.95. The van der Waals surface area contributed by atoms with E-state index < -0.39 is 12.0 Å². The molecule has 1 aromatic heterocycles. The van der Waals surface area contributed by atoms with Crippen LogP contribution in [0.5, 0.6) is 0 Å². The summed E-state index contributed by atoms with van der Waals surface area (Å²) in [5, 5.41) is 9.03. The molecule has 1 unspecified atom stereocenters. The zero-order valence-electron chi connectivity index (χ0n) is 17.3. The second-order valence-corrected chi connectivity index (χ2v) is 7.52. The van der Waals surface area contributed by atoms with Crippen LogP contribution in [-0.2, 0) is 4.79 Å². The molecule has 6 heteroatoms. The van der Waals surface area contributed by atoms with E-state index in [0.717, 1.165) is 16.7 Å². The summed E-state index contributed by atoms with van der Waals surface area (Å²) in [5.74, 6) is -1.29. The molecule has 0 saturated heterocycles. The fourth-order valence-electron chi connectivity index (χ4n) is 3.43. The lowest BCUT2D eigenvalue weighted by molar-refractivity contribution is -0.138. The number of hydrogen-bond acceptors (Lipinski definition) is 5. The summed E-state index contributed by atoms with van der Waals surface area (Å²) in [7, 11) is 0. The molecule has 0 radical (unpaired) electrons. The van der Waals surface area contributed by atoms with Crippen molar-refractivity contribution < 1.29 is 14.7 Å². The van der Waals surface area contributed by atoms with E-state index in [4.69, 9.17) is 10.8 Å². The average molecular weight is 415 g/mol. The molecule has 6 nitrogen and oxygen atoms in total. The van der Waals surface area contributed by atoms with Crippen LogP contribution in [0.1, 0.15) is 35.7 Å². The van der Waals surface area contributed by atoms with Gasteiger partial charge in [0.1, 0.15) is 6.04 Å². The van der Waals surface area contributed by atoms with E-state index in [1.165, 1.54) is 0 Å². The number of carbonyl (C=O) groups excluding carboxylic acids is 1. The number of Topliss-reactive ketones (excluding diaryl/α,β-unsaturated/α-hetero) is 1. The van der Waals surface area contributed by atoms with Crippen molar-refractivity contribution in [3.05, 3.63) is 84.2 Å². The van der Waals surface area contributed by atoms with Crippen molar-refractivity contribution in [1.82, 2.24) is 4.98 Å². The second-order valence-electron chi connectivity index (χ2n) is 7.52. The van der Waals surface area contributed by atoms with Gasteiger partial charge in [0, 0.05) is 41.7 Å². The zero-order valence-corrected chi connectivity index (χ0v) is 17.3. The minimum atomic E-state index is -1.06. The molecule has 2 aromatic carbocycles. The summed E-state index contributed by atoms with van der Waals surface area (Å²) < 4.78 is 0. The van der Waals surface area contributed by atoms with Gasteiger partial charge in [-0.2, -0.15) is 0 Å². The molecule has 3 rings (SSSR count). The maximum atomic E-state index is 13.2. The van der Waals surface area contributed by atoms with Gasteiger partial charge in [-0.25, -0.2) is 0 Å². The predicted molar refractivity (Wildman–Crippen MR) is 122 cm³/mol. The predicted octanol–water partition coefficient (Wildman–Crippen LogP) is 4.51. The number of hydrogen-bond donors (Lipinski definition) is 2. The van der Waals surface area contributed by atoms with Gasteiger partial charge >= 0.3 is 5.97 Å². The van der Waals surface area contributed by atoms with Crippen LogP contribution in [0, 0.1) is 5.92 Å². The molecule has 158 valence electrons. The average Bonchev–Trinajstić information content (AvgIpc) is 2.78. The van der Waals surface area contributed by atoms with Crippen LogP contribution in [-0.4, -0.2) is 34.1 Å². The largest absolute Gasteiger partial charge is 0.480 e. The summed E-state index contributed by atoms with van der Waals surface area (Å²) in [4.78, 5) is 32.9. The number of carbonyl (C=O) groups is 2. The molecule has 2 atom stereocenters. The molecular formula is C25H25N3O3. The Balaban J connectivity index is 1.95. The first kappa shape index (κ1) is 22.1. The fourth-order valence-corrected chi connectivity index (χ4v) is 3.43. The molecule has 0 aliphatic carbocycles. The number of nitrogens with two attached hydrogens (primary N) is 1. The smallest absolute Gasteiger partial charge is 0.320 e.